The van der Waals surface area contributed by atoms with Crippen molar-refractivity contribution in [2.75, 3.05) is 20.1 Å². The predicted molar refractivity (Wildman–Crippen MR) is 59.4 cm³/mol. The number of amides is 3. The lowest BCUT2D eigenvalue weighted by Gasteiger charge is -2.12. The molecule has 17 heavy (non-hydrogen) atoms. The second-order valence-corrected chi connectivity index (χ2v) is 4.16. The number of aliphatic carboxylic acids is 1. The molecule has 1 unspecified atom stereocenters. The maximum absolute atomic E-state index is 11.4. The van der Waals surface area contributed by atoms with E-state index in [4.69, 9.17) is 5.11 Å². The number of rotatable bonds is 4. The zero-order valence-corrected chi connectivity index (χ0v) is 9.73. The van der Waals surface area contributed by atoms with Crippen LogP contribution in [0, 0.1) is 0 Å². The molecule has 0 spiro atoms. The van der Waals surface area contributed by atoms with Crippen LogP contribution in [0.3, 0.4) is 0 Å². The van der Waals surface area contributed by atoms with Gasteiger partial charge in [-0.1, -0.05) is 0 Å². The summed E-state index contributed by atoms with van der Waals surface area (Å²) >= 11 is 0. The number of urea groups is 1. The summed E-state index contributed by atoms with van der Waals surface area (Å²) in [5.41, 5.74) is 0. The number of likely N-dealkylation sites (tertiary alicyclic amines) is 1. The fourth-order valence-corrected chi connectivity index (χ4v) is 1.68. The maximum Gasteiger partial charge on any atom is 0.321 e. The van der Waals surface area contributed by atoms with Crippen LogP contribution in [0.15, 0.2) is 0 Å². The molecular weight excluding hydrogens is 226 g/mol. The summed E-state index contributed by atoms with van der Waals surface area (Å²) < 4.78 is 0. The van der Waals surface area contributed by atoms with E-state index in [0.29, 0.717) is 0 Å². The number of nitrogens with zero attached hydrogens (tertiary/aromatic N) is 1. The van der Waals surface area contributed by atoms with Crippen LogP contribution in [-0.2, 0) is 9.59 Å². The van der Waals surface area contributed by atoms with E-state index in [1.807, 2.05) is 7.05 Å². The number of carbonyl (C=O) groups is 3. The Morgan fingerprint density at radius 2 is 2.06 bits per heavy atom. The van der Waals surface area contributed by atoms with Crippen LogP contribution in [0.25, 0.3) is 0 Å². The van der Waals surface area contributed by atoms with E-state index in [9.17, 15) is 14.4 Å². The van der Waals surface area contributed by atoms with Crippen molar-refractivity contribution in [3.05, 3.63) is 0 Å². The summed E-state index contributed by atoms with van der Waals surface area (Å²) in [5.74, 6) is -1.63. The molecule has 3 amide bonds. The highest BCUT2D eigenvalue weighted by molar-refractivity contribution is 5.95. The van der Waals surface area contributed by atoms with Crippen LogP contribution in [0.5, 0.6) is 0 Å². The monoisotopic (exact) mass is 243 g/mol. The standard InChI is InChI=1S/C10H17N3O4/c1-13-5-4-7(6-13)11-10(17)12-8(14)2-3-9(15)16/h7H,2-6H2,1H3,(H,15,16)(H2,11,12,14,17). The van der Waals surface area contributed by atoms with Crippen molar-refractivity contribution in [3.8, 4) is 0 Å². The molecule has 0 aromatic rings. The van der Waals surface area contributed by atoms with Gasteiger partial charge in [-0.3, -0.25) is 14.9 Å². The molecule has 1 fully saturated rings. The first-order valence-electron chi connectivity index (χ1n) is 5.48. The molecule has 1 aliphatic heterocycles. The Morgan fingerprint density at radius 3 is 2.59 bits per heavy atom. The van der Waals surface area contributed by atoms with Crippen LogP contribution < -0.4 is 10.6 Å². The fourth-order valence-electron chi connectivity index (χ4n) is 1.68. The lowest BCUT2D eigenvalue weighted by Crippen LogP contribution is -2.45. The van der Waals surface area contributed by atoms with Gasteiger partial charge in [0, 0.05) is 19.0 Å². The van der Waals surface area contributed by atoms with Gasteiger partial charge in [-0.2, -0.15) is 0 Å². The number of carboxylic acids is 1. The first-order chi connectivity index (χ1) is 7.97. The lowest BCUT2D eigenvalue weighted by atomic mass is 10.3. The summed E-state index contributed by atoms with van der Waals surface area (Å²) in [7, 11) is 1.96. The van der Waals surface area contributed by atoms with Gasteiger partial charge in [-0.15, -0.1) is 0 Å². The molecule has 0 aliphatic carbocycles. The number of hydrogen-bond acceptors (Lipinski definition) is 4. The third-order valence-corrected chi connectivity index (χ3v) is 2.55. The highest BCUT2D eigenvalue weighted by atomic mass is 16.4. The Balaban J connectivity index is 2.20. The molecule has 0 radical (unpaired) electrons. The molecule has 0 bridgehead atoms. The van der Waals surface area contributed by atoms with Crippen molar-refractivity contribution in [2.24, 2.45) is 0 Å². The van der Waals surface area contributed by atoms with Crippen molar-refractivity contribution in [1.82, 2.24) is 15.5 Å². The fraction of sp³-hybridized carbons (Fsp3) is 0.700. The Labute approximate surface area is 99.2 Å². The Bertz CT molecular complexity index is 319. The molecule has 3 N–H and O–H groups in total. The second-order valence-electron chi connectivity index (χ2n) is 4.16. The molecule has 0 aromatic carbocycles. The van der Waals surface area contributed by atoms with Gasteiger partial charge in [0.15, 0.2) is 0 Å². The normalized spacial score (nSPS) is 19.9. The minimum absolute atomic E-state index is 0.0484. The van der Waals surface area contributed by atoms with Crippen molar-refractivity contribution in [3.63, 3.8) is 0 Å². The zero-order valence-electron chi connectivity index (χ0n) is 9.73. The predicted octanol–water partition coefficient (Wildman–Crippen LogP) is -0.619. The van der Waals surface area contributed by atoms with Gasteiger partial charge >= 0.3 is 12.0 Å². The molecule has 1 rings (SSSR count). The molecule has 1 saturated heterocycles. The average Bonchev–Trinajstić information content (AvgIpc) is 2.60. The molecule has 7 nitrogen and oxygen atoms in total. The minimum Gasteiger partial charge on any atom is -0.481 e. The van der Waals surface area contributed by atoms with Crippen molar-refractivity contribution < 1.29 is 19.5 Å². The van der Waals surface area contributed by atoms with Crippen molar-refractivity contribution in [1.29, 1.82) is 0 Å². The van der Waals surface area contributed by atoms with Gasteiger partial charge in [0.05, 0.1) is 6.42 Å². The maximum atomic E-state index is 11.4. The number of nitrogens with one attached hydrogen (secondary N) is 2. The van der Waals surface area contributed by atoms with Crippen molar-refractivity contribution in [2.45, 2.75) is 25.3 Å². The van der Waals surface area contributed by atoms with Crippen LogP contribution in [0.2, 0.25) is 0 Å². The number of imide groups is 1. The summed E-state index contributed by atoms with van der Waals surface area (Å²) in [6, 6.07) is -0.507. The zero-order chi connectivity index (χ0) is 12.8. The molecular formula is C10H17N3O4. The van der Waals surface area contributed by atoms with Crippen LogP contribution in [0.4, 0.5) is 4.79 Å². The molecule has 1 heterocycles. The van der Waals surface area contributed by atoms with E-state index in [1.165, 1.54) is 0 Å². The minimum atomic E-state index is -1.06. The molecule has 7 heteroatoms. The third-order valence-electron chi connectivity index (χ3n) is 2.55. The number of hydrogen-bond donors (Lipinski definition) is 3. The highest BCUT2D eigenvalue weighted by Gasteiger charge is 2.21. The Kier molecular flexibility index (Phi) is 4.89. The Morgan fingerprint density at radius 1 is 1.35 bits per heavy atom. The van der Waals surface area contributed by atoms with Gasteiger partial charge in [-0.25, -0.2) is 4.79 Å². The number of carboxylic acid groups (broad SMARTS) is 1. The summed E-state index contributed by atoms with van der Waals surface area (Å²) in [5, 5.41) is 13.1. The van der Waals surface area contributed by atoms with E-state index in [2.05, 4.69) is 15.5 Å². The van der Waals surface area contributed by atoms with Gasteiger partial charge < -0.3 is 15.3 Å². The quantitative estimate of drug-likeness (QED) is 0.611. The van der Waals surface area contributed by atoms with Crippen LogP contribution >= 0.6 is 0 Å². The lowest BCUT2D eigenvalue weighted by molar-refractivity contribution is -0.138. The Hall–Kier alpha value is -1.63. The largest absolute Gasteiger partial charge is 0.481 e. The van der Waals surface area contributed by atoms with Gasteiger partial charge in [0.2, 0.25) is 5.91 Å². The van der Waals surface area contributed by atoms with E-state index in [0.717, 1.165) is 19.5 Å². The van der Waals surface area contributed by atoms with Gasteiger partial charge in [-0.05, 0) is 20.0 Å². The smallest absolute Gasteiger partial charge is 0.321 e. The van der Waals surface area contributed by atoms with Crippen molar-refractivity contribution >= 4 is 17.9 Å². The molecule has 1 aliphatic rings. The van der Waals surface area contributed by atoms with Crippen LogP contribution in [0.1, 0.15) is 19.3 Å². The highest BCUT2D eigenvalue weighted by Crippen LogP contribution is 2.05. The van der Waals surface area contributed by atoms with Gasteiger partial charge in [0.1, 0.15) is 0 Å². The number of carbonyl (C=O) groups excluding carboxylic acids is 2. The molecule has 0 aromatic heterocycles. The van der Waals surface area contributed by atoms with E-state index < -0.39 is 17.9 Å². The first kappa shape index (κ1) is 13.4. The molecule has 0 saturated carbocycles. The van der Waals surface area contributed by atoms with E-state index >= 15 is 0 Å². The topological polar surface area (TPSA) is 98.7 Å². The molecule has 1 atom stereocenters. The number of likely N-dealkylation sites (N-methyl/N-ethyl adjacent to an activating group) is 1. The summed E-state index contributed by atoms with van der Waals surface area (Å²) in [6.07, 6.45) is 0.395. The van der Waals surface area contributed by atoms with E-state index in [-0.39, 0.29) is 18.9 Å². The van der Waals surface area contributed by atoms with Gasteiger partial charge in [0.25, 0.3) is 0 Å². The molecule has 96 valence electrons. The summed E-state index contributed by atoms with van der Waals surface area (Å²) in [6.45, 7) is 1.68. The summed E-state index contributed by atoms with van der Waals surface area (Å²) in [4.78, 5) is 34.8. The van der Waals surface area contributed by atoms with Crippen LogP contribution in [-0.4, -0.2) is 54.1 Å². The third kappa shape index (κ3) is 5.30. The second kappa shape index (κ2) is 6.19. The van der Waals surface area contributed by atoms with E-state index in [1.54, 1.807) is 0 Å². The SMILES string of the molecule is CN1CCC(NC(=O)NC(=O)CCC(=O)O)C1. The first-order valence-corrected chi connectivity index (χ1v) is 5.48. The average molecular weight is 243 g/mol.